The Bertz CT molecular complexity index is 1180. The van der Waals surface area contributed by atoms with Gasteiger partial charge in [-0.15, -0.1) is 0 Å². The van der Waals surface area contributed by atoms with Gasteiger partial charge in [-0.1, -0.05) is 32.0 Å². The van der Waals surface area contributed by atoms with Crippen molar-refractivity contribution in [2.75, 3.05) is 31.9 Å². The Kier molecular flexibility index (Phi) is 7.36. The summed E-state index contributed by atoms with van der Waals surface area (Å²) in [5.74, 6) is -1.24. The number of amides is 1. The molecule has 10 heteroatoms. The van der Waals surface area contributed by atoms with Gasteiger partial charge < -0.3 is 4.90 Å². The van der Waals surface area contributed by atoms with Gasteiger partial charge in [-0.25, -0.2) is 21.2 Å². The lowest BCUT2D eigenvalue weighted by atomic mass is 10.1. The molecule has 0 saturated carbocycles. The number of hydrogen-bond donors (Lipinski definition) is 0. The van der Waals surface area contributed by atoms with E-state index in [-0.39, 0.29) is 47.2 Å². The Hall–Kier alpha value is -2.30. The van der Waals surface area contributed by atoms with Crippen molar-refractivity contribution in [2.24, 2.45) is 0 Å². The Morgan fingerprint density at radius 3 is 2.28 bits per heavy atom. The smallest absolute Gasteiger partial charge is 0.253 e. The van der Waals surface area contributed by atoms with Gasteiger partial charge in [-0.3, -0.25) is 4.79 Å². The molecule has 1 atom stereocenters. The summed E-state index contributed by atoms with van der Waals surface area (Å²) < 4.78 is 66.3. The van der Waals surface area contributed by atoms with Crippen LogP contribution in [0.25, 0.3) is 0 Å². The molecule has 1 aliphatic rings. The van der Waals surface area contributed by atoms with E-state index in [1.54, 1.807) is 19.9 Å². The molecule has 2 aromatic rings. The van der Waals surface area contributed by atoms with Crippen molar-refractivity contribution in [3.8, 4) is 0 Å². The van der Waals surface area contributed by atoms with Crippen molar-refractivity contribution in [3.05, 3.63) is 65.5 Å². The van der Waals surface area contributed by atoms with Crippen LogP contribution in [0, 0.1) is 5.82 Å². The van der Waals surface area contributed by atoms with Crippen molar-refractivity contribution >= 4 is 25.8 Å². The zero-order chi connectivity index (χ0) is 23.5. The maximum Gasteiger partial charge on any atom is 0.253 e. The minimum absolute atomic E-state index is 0.00832. The van der Waals surface area contributed by atoms with E-state index in [4.69, 9.17) is 0 Å². The first-order valence-electron chi connectivity index (χ1n) is 10.5. The first-order chi connectivity index (χ1) is 15.1. The number of sulfonamides is 1. The molecule has 0 spiro atoms. The molecule has 0 radical (unpaired) electrons. The Balaban J connectivity index is 1.80. The number of halogens is 1. The van der Waals surface area contributed by atoms with Crippen molar-refractivity contribution in [3.63, 3.8) is 0 Å². The van der Waals surface area contributed by atoms with E-state index in [1.807, 2.05) is 0 Å². The van der Waals surface area contributed by atoms with Gasteiger partial charge in [0.15, 0.2) is 9.84 Å². The van der Waals surface area contributed by atoms with E-state index >= 15 is 0 Å². The average molecular weight is 483 g/mol. The van der Waals surface area contributed by atoms with Gasteiger partial charge in [-0.2, -0.15) is 4.31 Å². The highest BCUT2D eigenvalue weighted by Crippen LogP contribution is 2.31. The molecule has 0 aromatic heterocycles. The lowest BCUT2D eigenvalue weighted by Crippen LogP contribution is -2.33. The van der Waals surface area contributed by atoms with Crippen LogP contribution in [0.3, 0.4) is 0 Å². The minimum atomic E-state index is -3.64. The number of nitrogens with zero attached hydrogens (tertiary/aromatic N) is 2. The monoisotopic (exact) mass is 482 g/mol. The third kappa shape index (κ3) is 4.87. The molecule has 1 heterocycles. The standard InChI is InChI=1S/C22H27FN2O5S2/c1-3-25(4-2)32(29,30)18-11-9-17(10-12-18)22(26)24-14-13-21(31(27,28)16-15-24)19-7-5-6-8-20(19)23/h5-12,21H,3-4,13-16H2,1-2H3. The molecule has 2 aromatic carbocycles. The quantitative estimate of drug-likeness (QED) is 0.631. The van der Waals surface area contributed by atoms with Crippen LogP contribution >= 0.6 is 0 Å². The molecule has 1 saturated heterocycles. The summed E-state index contributed by atoms with van der Waals surface area (Å²) in [5.41, 5.74) is 0.387. The van der Waals surface area contributed by atoms with E-state index in [0.717, 1.165) is 0 Å². The van der Waals surface area contributed by atoms with E-state index in [1.165, 1.54) is 51.7 Å². The van der Waals surface area contributed by atoms with Gasteiger partial charge >= 0.3 is 0 Å². The lowest BCUT2D eigenvalue weighted by molar-refractivity contribution is 0.0766. The van der Waals surface area contributed by atoms with Crippen molar-refractivity contribution in [1.29, 1.82) is 0 Å². The third-order valence-corrected chi connectivity index (χ3v) is 9.90. The maximum atomic E-state index is 14.2. The highest BCUT2D eigenvalue weighted by Gasteiger charge is 2.34. The van der Waals surface area contributed by atoms with E-state index in [9.17, 15) is 26.0 Å². The Morgan fingerprint density at radius 2 is 1.69 bits per heavy atom. The third-order valence-electron chi connectivity index (χ3n) is 5.72. The summed E-state index contributed by atoms with van der Waals surface area (Å²) in [6, 6.07) is 11.4. The number of benzene rings is 2. The molecule has 0 N–H and O–H groups in total. The normalized spacial score (nSPS) is 19.0. The number of carbonyl (C=O) groups is 1. The van der Waals surface area contributed by atoms with Crippen LogP contribution in [0.5, 0.6) is 0 Å². The fourth-order valence-corrected chi connectivity index (χ4v) is 7.16. The van der Waals surface area contributed by atoms with Gasteiger partial charge in [0.2, 0.25) is 10.0 Å². The highest BCUT2D eigenvalue weighted by atomic mass is 32.2. The molecule has 1 aliphatic heterocycles. The number of sulfone groups is 1. The minimum Gasteiger partial charge on any atom is -0.338 e. The first kappa shape index (κ1) is 24.3. The zero-order valence-electron chi connectivity index (χ0n) is 18.1. The molecule has 3 rings (SSSR count). The average Bonchev–Trinajstić information content (AvgIpc) is 2.92. The van der Waals surface area contributed by atoms with Crippen LogP contribution in [0.4, 0.5) is 4.39 Å². The van der Waals surface area contributed by atoms with Gasteiger partial charge in [0.25, 0.3) is 5.91 Å². The Morgan fingerprint density at radius 1 is 1.06 bits per heavy atom. The van der Waals surface area contributed by atoms with Crippen molar-refractivity contribution < 1.29 is 26.0 Å². The summed E-state index contributed by atoms with van der Waals surface area (Å²) in [4.78, 5) is 14.5. The Labute approximate surface area is 188 Å². The summed E-state index contributed by atoms with van der Waals surface area (Å²) >= 11 is 0. The van der Waals surface area contributed by atoms with Gasteiger partial charge in [0, 0.05) is 37.3 Å². The van der Waals surface area contributed by atoms with Crippen LogP contribution in [0.15, 0.2) is 53.4 Å². The van der Waals surface area contributed by atoms with Crippen molar-refractivity contribution in [2.45, 2.75) is 30.4 Å². The second kappa shape index (κ2) is 9.68. The maximum absolute atomic E-state index is 14.2. The van der Waals surface area contributed by atoms with Crippen LogP contribution in [0.1, 0.15) is 41.4 Å². The summed E-state index contributed by atoms with van der Waals surface area (Å²) in [7, 11) is -7.28. The van der Waals surface area contributed by atoms with Crippen LogP contribution in [-0.4, -0.2) is 63.9 Å². The molecule has 0 aliphatic carbocycles. The molecular formula is C22H27FN2O5S2. The van der Waals surface area contributed by atoms with Gasteiger partial charge in [-0.05, 0) is 36.8 Å². The molecule has 1 unspecified atom stereocenters. The van der Waals surface area contributed by atoms with Crippen LogP contribution < -0.4 is 0 Å². The van der Waals surface area contributed by atoms with Gasteiger partial charge in [0.05, 0.1) is 15.9 Å². The molecule has 0 bridgehead atoms. The fourth-order valence-electron chi connectivity index (χ4n) is 3.90. The van der Waals surface area contributed by atoms with Crippen LogP contribution in [-0.2, 0) is 19.9 Å². The van der Waals surface area contributed by atoms with E-state index < -0.39 is 30.9 Å². The fraction of sp³-hybridized carbons (Fsp3) is 0.409. The van der Waals surface area contributed by atoms with Crippen molar-refractivity contribution in [1.82, 2.24) is 9.21 Å². The predicted octanol–water partition coefficient (Wildman–Crippen LogP) is 2.86. The van der Waals surface area contributed by atoms with Gasteiger partial charge in [0.1, 0.15) is 5.82 Å². The first-order valence-corrected chi connectivity index (χ1v) is 13.6. The molecule has 32 heavy (non-hydrogen) atoms. The van der Waals surface area contributed by atoms with E-state index in [2.05, 4.69) is 0 Å². The molecule has 7 nitrogen and oxygen atoms in total. The van der Waals surface area contributed by atoms with Crippen LogP contribution in [0.2, 0.25) is 0 Å². The largest absolute Gasteiger partial charge is 0.338 e. The second-order valence-corrected chi connectivity index (χ2v) is 11.8. The predicted molar refractivity (Wildman–Crippen MR) is 120 cm³/mol. The number of hydrogen-bond acceptors (Lipinski definition) is 5. The molecule has 174 valence electrons. The molecular weight excluding hydrogens is 455 g/mol. The summed E-state index contributed by atoms with van der Waals surface area (Å²) in [6.07, 6.45) is 0.0867. The molecule has 1 amide bonds. The topological polar surface area (TPSA) is 91.8 Å². The highest BCUT2D eigenvalue weighted by molar-refractivity contribution is 7.91. The van der Waals surface area contributed by atoms with E-state index in [0.29, 0.717) is 13.1 Å². The summed E-state index contributed by atoms with van der Waals surface area (Å²) in [5, 5.41) is -1.01. The molecule has 1 fully saturated rings. The second-order valence-electron chi connectivity index (χ2n) is 7.57. The summed E-state index contributed by atoms with van der Waals surface area (Å²) in [6.45, 7) is 4.32. The SMILES string of the molecule is CCN(CC)S(=O)(=O)c1ccc(C(=O)N2CCC(c3ccccc3F)S(=O)(=O)CC2)cc1. The number of rotatable bonds is 6. The zero-order valence-corrected chi connectivity index (χ0v) is 19.7. The number of carbonyl (C=O) groups excluding carboxylic acids is 1. The lowest BCUT2D eigenvalue weighted by Gasteiger charge is -2.21.